The first kappa shape index (κ1) is 21.2. The molecule has 1 saturated heterocycles. The van der Waals surface area contributed by atoms with Gasteiger partial charge in [-0.15, -0.1) is 0 Å². The molecule has 0 saturated carbocycles. The van der Waals surface area contributed by atoms with Crippen LogP contribution in [0.2, 0.25) is 5.02 Å². The number of aromatic nitrogens is 2. The maximum absolute atomic E-state index is 15.5. The smallest absolute Gasteiger partial charge is 0.222 e. The molecule has 31 heavy (non-hydrogen) atoms. The molecule has 6 nitrogen and oxygen atoms in total. The third kappa shape index (κ3) is 3.76. The van der Waals surface area contributed by atoms with Gasteiger partial charge in [0.25, 0.3) is 0 Å². The Kier molecular flexibility index (Phi) is 5.91. The summed E-state index contributed by atoms with van der Waals surface area (Å²) in [5.41, 5.74) is 0.534. The number of piperazine rings is 1. The van der Waals surface area contributed by atoms with Crippen molar-refractivity contribution < 1.29 is 18.3 Å². The second kappa shape index (κ2) is 8.63. The predicted molar refractivity (Wildman–Crippen MR) is 116 cm³/mol. The highest BCUT2D eigenvalue weighted by atomic mass is 35.5. The molecule has 2 aromatic carbocycles. The molecule has 1 amide bonds. The van der Waals surface area contributed by atoms with Gasteiger partial charge in [-0.1, -0.05) is 24.6 Å². The van der Waals surface area contributed by atoms with E-state index in [9.17, 15) is 9.18 Å². The predicted octanol–water partition coefficient (Wildman–Crippen LogP) is 4.30. The molecule has 1 aliphatic rings. The molecule has 0 spiro atoms. The molecule has 0 N–H and O–H groups in total. The highest BCUT2D eigenvalue weighted by Crippen LogP contribution is 2.42. The second-order valence-corrected chi connectivity index (χ2v) is 7.56. The molecule has 1 aromatic heterocycles. The minimum Gasteiger partial charge on any atom is -0.496 e. The topological polar surface area (TPSA) is 58.6 Å². The van der Waals surface area contributed by atoms with Gasteiger partial charge in [0, 0.05) is 38.2 Å². The summed E-state index contributed by atoms with van der Waals surface area (Å²) < 4.78 is 35.4. The van der Waals surface area contributed by atoms with Gasteiger partial charge in [-0.25, -0.2) is 18.7 Å². The van der Waals surface area contributed by atoms with Crippen molar-refractivity contribution in [1.29, 1.82) is 0 Å². The third-order valence-corrected chi connectivity index (χ3v) is 5.85. The largest absolute Gasteiger partial charge is 0.496 e. The van der Waals surface area contributed by atoms with E-state index in [1.54, 1.807) is 17.0 Å². The van der Waals surface area contributed by atoms with Crippen LogP contribution < -0.4 is 9.64 Å². The molecule has 2 heterocycles. The van der Waals surface area contributed by atoms with Crippen molar-refractivity contribution in [2.75, 3.05) is 38.2 Å². The minimum atomic E-state index is -0.720. The molecule has 0 atom stereocenters. The van der Waals surface area contributed by atoms with Crippen molar-refractivity contribution in [3.8, 4) is 16.9 Å². The number of benzene rings is 2. The van der Waals surface area contributed by atoms with Crippen LogP contribution in [0.15, 0.2) is 30.6 Å². The van der Waals surface area contributed by atoms with Gasteiger partial charge in [0.05, 0.1) is 28.6 Å². The summed E-state index contributed by atoms with van der Waals surface area (Å²) in [5, 5.41) is -0.0615. The highest BCUT2D eigenvalue weighted by Gasteiger charge is 2.26. The molecule has 0 bridgehead atoms. The van der Waals surface area contributed by atoms with Gasteiger partial charge in [-0.05, 0) is 18.2 Å². The third-order valence-electron chi connectivity index (χ3n) is 5.49. The lowest BCUT2D eigenvalue weighted by atomic mass is 10.0. The number of ether oxygens (including phenoxy) is 1. The standard InChI is InChI=1S/C22H21ClF2N4O2/c1-3-17(30)28-7-9-29(10-8-28)22-19-15(26-12-27-22)11-13(20(23)21(19)25)18-14(24)5-4-6-16(18)31-2/h4-6,11-12H,3,7-10H2,1-2H3. The van der Waals surface area contributed by atoms with E-state index in [0.717, 1.165) is 0 Å². The Morgan fingerprint density at radius 3 is 2.61 bits per heavy atom. The number of fused-ring (bicyclic) bond motifs is 1. The Hall–Kier alpha value is -3.00. The van der Waals surface area contributed by atoms with Crippen LogP contribution in [0.1, 0.15) is 13.3 Å². The first-order valence-corrected chi connectivity index (χ1v) is 10.3. The zero-order chi connectivity index (χ0) is 22.1. The molecule has 0 aliphatic carbocycles. The fraction of sp³-hybridized carbons (Fsp3) is 0.318. The number of nitrogens with zero attached hydrogens (tertiary/aromatic N) is 4. The Bertz CT molecular complexity index is 1150. The van der Waals surface area contributed by atoms with Gasteiger partial charge in [-0.3, -0.25) is 4.79 Å². The summed E-state index contributed by atoms with van der Waals surface area (Å²) in [4.78, 5) is 24.1. The molecule has 0 radical (unpaired) electrons. The first-order chi connectivity index (χ1) is 15.0. The van der Waals surface area contributed by atoms with Crippen LogP contribution >= 0.6 is 11.6 Å². The molecule has 3 aromatic rings. The second-order valence-electron chi connectivity index (χ2n) is 7.18. The number of rotatable bonds is 4. The minimum absolute atomic E-state index is 0.0719. The van der Waals surface area contributed by atoms with Gasteiger partial charge in [-0.2, -0.15) is 0 Å². The summed E-state index contributed by atoms with van der Waals surface area (Å²) >= 11 is 6.38. The van der Waals surface area contributed by atoms with E-state index >= 15 is 4.39 Å². The van der Waals surface area contributed by atoms with E-state index in [4.69, 9.17) is 16.3 Å². The summed E-state index contributed by atoms with van der Waals surface area (Å²) in [5.74, 6) is -0.565. The Morgan fingerprint density at radius 1 is 1.19 bits per heavy atom. The van der Waals surface area contributed by atoms with E-state index in [1.807, 2.05) is 11.8 Å². The quantitative estimate of drug-likeness (QED) is 0.598. The fourth-order valence-corrected chi connectivity index (χ4v) is 4.13. The Labute approximate surface area is 183 Å². The van der Waals surface area contributed by atoms with Crippen LogP contribution in [0.3, 0.4) is 0 Å². The molecule has 9 heteroatoms. The normalized spacial score (nSPS) is 14.2. The van der Waals surface area contributed by atoms with Gasteiger partial charge in [0.1, 0.15) is 23.7 Å². The van der Waals surface area contributed by atoms with Crippen LogP contribution in [0.5, 0.6) is 5.75 Å². The maximum Gasteiger partial charge on any atom is 0.222 e. The number of anilines is 1. The van der Waals surface area contributed by atoms with E-state index in [2.05, 4.69) is 9.97 Å². The van der Waals surface area contributed by atoms with E-state index in [1.165, 1.54) is 25.6 Å². The van der Waals surface area contributed by atoms with Crippen LogP contribution in [-0.4, -0.2) is 54.1 Å². The van der Waals surface area contributed by atoms with Gasteiger partial charge in [0.15, 0.2) is 5.82 Å². The molecule has 1 fully saturated rings. The fourth-order valence-electron chi connectivity index (χ4n) is 3.89. The highest BCUT2D eigenvalue weighted by molar-refractivity contribution is 6.34. The van der Waals surface area contributed by atoms with Crippen LogP contribution in [0.4, 0.5) is 14.6 Å². The van der Waals surface area contributed by atoms with Gasteiger partial charge in [0.2, 0.25) is 5.91 Å². The first-order valence-electron chi connectivity index (χ1n) is 9.94. The van der Waals surface area contributed by atoms with Crippen LogP contribution in [-0.2, 0) is 4.79 Å². The SMILES string of the molecule is CCC(=O)N1CCN(c2ncnc3cc(-c4c(F)cccc4OC)c(Cl)c(F)c23)CC1. The lowest BCUT2D eigenvalue weighted by Gasteiger charge is -2.35. The van der Waals surface area contributed by atoms with E-state index in [-0.39, 0.29) is 33.2 Å². The maximum atomic E-state index is 15.5. The van der Waals surface area contributed by atoms with Crippen molar-refractivity contribution in [3.05, 3.63) is 47.2 Å². The Balaban J connectivity index is 1.79. The van der Waals surface area contributed by atoms with Crippen molar-refractivity contribution in [2.24, 2.45) is 0 Å². The van der Waals surface area contributed by atoms with E-state index < -0.39 is 11.6 Å². The average Bonchev–Trinajstić information content (AvgIpc) is 2.80. The lowest BCUT2D eigenvalue weighted by molar-refractivity contribution is -0.131. The van der Waals surface area contributed by atoms with Crippen molar-refractivity contribution in [1.82, 2.24) is 14.9 Å². The monoisotopic (exact) mass is 446 g/mol. The molecule has 162 valence electrons. The number of amides is 1. The van der Waals surface area contributed by atoms with Crippen molar-refractivity contribution in [3.63, 3.8) is 0 Å². The summed E-state index contributed by atoms with van der Waals surface area (Å²) in [6.07, 6.45) is 1.79. The lowest BCUT2D eigenvalue weighted by Crippen LogP contribution is -2.49. The molecule has 4 rings (SSSR count). The summed E-state index contributed by atoms with van der Waals surface area (Å²) in [6, 6.07) is 5.90. The summed E-state index contributed by atoms with van der Waals surface area (Å²) in [6.45, 7) is 3.90. The summed E-state index contributed by atoms with van der Waals surface area (Å²) in [7, 11) is 1.41. The van der Waals surface area contributed by atoms with Crippen LogP contribution in [0, 0.1) is 11.6 Å². The molecule has 0 unspecified atom stereocenters. The Morgan fingerprint density at radius 2 is 1.94 bits per heavy atom. The van der Waals surface area contributed by atoms with E-state index in [0.29, 0.717) is 43.9 Å². The number of carbonyl (C=O) groups is 1. The zero-order valence-electron chi connectivity index (χ0n) is 17.2. The molecular weight excluding hydrogens is 426 g/mol. The number of carbonyl (C=O) groups excluding carboxylic acids is 1. The van der Waals surface area contributed by atoms with Crippen LogP contribution in [0.25, 0.3) is 22.0 Å². The van der Waals surface area contributed by atoms with Gasteiger partial charge >= 0.3 is 0 Å². The number of hydrogen-bond donors (Lipinski definition) is 0. The molecular formula is C22H21ClF2N4O2. The van der Waals surface area contributed by atoms with Crippen molar-refractivity contribution in [2.45, 2.75) is 13.3 Å². The average molecular weight is 447 g/mol. The number of halogens is 3. The number of hydrogen-bond acceptors (Lipinski definition) is 5. The molecule has 1 aliphatic heterocycles. The number of methoxy groups -OCH3 is 1. The van der Waals surface area contributed by atoms with Gasteiger partial charge < -0.3 is 14.5 Å². The van der Waals surface area contributed by atoms with Crippen molar-refractivity contribution >= 4 is 34.2 Å². The zero-order valence-corrected chi connectivity index (χ0v) is 17.9.